The van der Waals surface area contributed by atoms with Crippen molar-refractivity contribution in [3.63, 3.8) is 0 Å². The van der Waals surface area contributed by atoms with Gasteiger partial charge in [-0.2, -0.15) is 0 Å². The van der Waals surface area contributed by atoms with Gasteiger partial charge in [0.1, 0.15) is 16.8 Å². The van der Waals surface area contributed by atoms with Crippen molar-refractivity contribution in [3.05, 3.63) is 23.6 Å². The van der Waals surface area contributed by atoms with Crippen LogP contribution in [0.1, 0.15) is 13.8 Å². The van der Waals surface area contributed by atoms with Gasteiger partial charge in [0.25, 0.3) is 0 Å². The molecule has 0 aliphatic carbocycles. The summed E-state index contributed by atoms with van der Waals surface area (Å²) in [5.74, 6) is 0. The zero-order chi connectivity index (χ0) is 10.1. The van der Waals surface area contributed by atoms with Gasteiger partial charge in [-0.3, -0.25) is 0 Å². The molecule has 0 spiro atoms. The average molecular weight is 212 g/mol. The minimum atomic E-state index is 0.0797. The Labute approximate surface area is 86.4 Å². The summed E-state index contributed by atoms with van der Waals surface area (Å²) in [6, 6.07) is 1.79. The van der Waals surface area contributed by atoms with E-state index in [2.05, 4.69) is 10.1 Å². The van der Waals surface area contributed by atoms with Gasteiger partial charge in [0.05, 0.1) is 11.6 Å². The summed E-state index contributed by atoms with van der Waals surface area (Å²) in [6.07, 6.45) is 3.43. The highest BCUT2D eigenvalue weighted by Gasteiger charge is 2.06. The first-order chi connectivity index (χ1) is 6.66. The largest absolute Gasteiger partial charge is 0.394 e. The molecule has 0 unspecified atom stereocenters. The van der Waals surface area contributed by atoms with E-state index in [0.29, 0.717) is 5.15 Å². The molecule has 2 aromatic heterocycles. The van der Waals surface area contributed by atoms with Crippen LogP contribution in [0.25, 0.3) is 10.9 Å². The molecule has 0 radical (unpaired) electrons. The molecule has 0 N–H and O–H groups in total. The molecule has 74 valence electrons. The van der Waals surface area contributed by atoms with Crippen LogP contribution in [0.4, 0.5) is 0 Å². The minimum absolute atomic E-state index is 0.0797. The number of hydrogen-bond acceptors (Lipinski definition) is 3. The molecule has 2 rings (SSSR count). The summed E-state index contributed by atoms with van der Waals surface area (Å²) >= 11 is 5.89. The molecule has 0 amide bonds. The van der Waals surface area contributed by atoms with Crippen molar-refractivity contribution in [2.24, 2.45) is 0 Å². The highest BCUT2D eigenvalue weighted by Crippen LogP contribution is 2.18. The number of pyridine rings is 1. The Kier molecular flexibility index (Phi) is 2.29. The molecule has 0 aliphatic heterocycles. The summed E-state index contributed by atoms with van der Waals surface area (Å²) in [5, 5.41) is 5.43. The molecule has 0 saturated carbocycles. The predicted octanol–water partition coefficient (Wildman–Crippen LogP) is 1.92. The Balaban J connectivity index is 2.46. The summed E-state index contributed by atoms with van der Waals surface area (Å²) in [5.41, 5.74) is 0.783. The van der Waals surface area contributed by atoms with Gasteiger partial charge in [-0.15, -0.1) is 9.94 Å². The van der Waals surface area contributed by atoms with E-state index < -0.39 is 0 Å². The smallest absolute Gasteiger partial charge is 0.140 e. The quantitative estimate of drug-likeness (QED) is 0.713. The summed E-state index contributed by atoms with van der Waals surface area (Å²) in [6.45, 7) is 3.87. The van der Waals surface area contributed by atoms with Crippen molar-refractivity contribution in [3.8, 4) is 0 Å². The maximum Gasteiger partial charge on any atom is 0.140 e. The Bertz CT molecular complexity index is 452. The zero-order valence-electron chi connectivity index (χ0n) is 7.94. The van der Waals surface area contributed by atoms with E-state index in [4.69, 9.17) is 16.4 Å². The number of rotatable bonds is 2. The molecular formula is C9H10ClN3O. The van der Waals surface area contributed by atoms with Crippen molar-refractivity contribution in [2.75, 3.05) is 0 Å². The molecule has 4 nitrogen and oxygen atoms in total. The van der Waals surface area contributed by atoms with Gasteiger partial charge in [0.15, 0.2) is 0 Å². The lowest BCUT2D eigenvalue weighted by molar-refractivity contribution is 0.0374. The Morgan fingerprint density at radius 1 is 1.50 bits per heavy atom. The van der Waals surface area contributed by atoms with Crippen molar-refractivity contribution < 1.29 is 4.84 Å². The molecule has 0 atom stereocenters. The molecule has 0 aromatic carbocycles. The fourth-order valence-corrected chi connectivity index (χ4v) is 1.36. The third kappa shape index (κ3) is 1.65. The molecule has 0 fully saturated rings. The summed E-state index contributed by atoms with van der Waals surface area (Å²) in [7, 11) is 0. The molecular weight excluding hydrogens is 202 g/mol. The third-order valence-electron chi connectivity index (χ3n) is 1.68. The van der Waals surface area contributed by atoms with Crippen LogP contribution in [0, 0.1) is 0 Å². The average Bonchev–Trinajstić information content (AvgIpc) is 2.47. The van der Waals surface area contributed by atoms with Crippen LogP contribution in [0.3, 0.4) is 0 Å². The van der Waals surface area contributed by atoms with E-state index in [1.165, 1.54) is 4.85 Å². The second-order valence-electron chi connectivity index (χ2n) is 3.22. The van der Waals surface area contributed by atoms with E-state index in [0.717, 1.165) is 10.9 Å². The van der Waals surface area contributed by atoms with E-state index in [1.807, 2.05) is 13.8 Å². The van der Waals surface area contributed by atoms with E-state index in [9.17, 15) is 0 Å². The van der Waals surface area contributed by atoms with Crippen LogP contribution in [0.2, 0.25) is 5.15 Å². The van der Waals surface area contributed by atoms with Gasteiger partial charge in [-0.05, 0) is 19.9 Å². The molecule has 2 aromatic rings. The Morgan fingerprint density at radius 2 is 2.29 bits per heavy atom. The van der Waals surface area contributed by atoms with Gasteiger partial charge in [0.2, 0.25) is 0 Å². The number of nitrogens with zero attached hydrogens (tertiary/aromatic N) is 3. The van der Waals surface area contributed by atoms with Crippen LogP contribution in [-0.2, 0) is 0 Å². The van der Waals surface area contributed by atoms with Crippen LogP contribution in [0.15, 0.2) is 18.5 Å². The SMILES string of the molecule is CC(C)On1cc2c(Cl)nccc2n1. The van der Waals surface area contributed by atoms with E-state index >= 15 is 0 Å². The lowest BCUT2D eigenvalue weighted by atomic mass is 10.3. The lowest BCUT2D eigenvalue weighted by Gasteiger charge is -2.06. The molecule has 14 heavy (non-hydrogen) atoms. The van der Waals surface area contributed by atoms with Crippen molar-refractivity contribution >= 4 is 22.5 Å². The molecule has 5 heteroatoms. The second-order valence-corrected chi connectivity index (χ2v) is 3.58. The molecule has 0 bridgehead atoms. The summed E-state index contributed by atoms with van der Waals surface area (Å²) < 4.78 is 0. The fourth-order valence-electron chi connectivity index (χ4n) is 1.16. The predicted molar refractivity (Wildman–Crippen MR) is 54.3 cm³/mol. The van der Waals surface area contributed by atoms with Crippen molar-refractivity contribution in [1.29, 1.82) is 0 Å². The van der Waals surface area contributed by atoms with Crippen molar-refractivity contribution in [1.82, 2.24) is 14.9 Å². The summed E-state index contributed by atoms with van der Waals surface area (Å²) in [4.78, 5) is 10.7. The first-order valence-corrected chi connectivity index (χ1v) is 4.71. The first-order valence-electron chi connectivity index (χ1n) is 4.34. The van der Waals surface area contributed by atoms with Gasteiger partial charge >= 0.3 is 0 Å². The van der Waals surface area contributed by atoms with Gasteiger partial charge < -0.3 is 4.84 Å². The highest BCUT2D eigenvalue weighted by molar-refractivity contribution is 6.34. The molecule has 2 heterocycles. The van der Waals surface area contributed by atoms with Crippen molar-refractivity contribution in [2.45, 2.75) is 20.0 Å². The van der Waals surface area contributed by atoms with Gasteiger partial charge in [0, 0.05) is 6.20 Å². The van der Waals surface area contributed by atoms with E-state index in [1.54, 1.807) is 18.5 Å². The third-order valence-corrected chi connectivity index (χ3v) is 1.98. The van der Waals surface area contributed by atoms with Gasteiger partial charge in [-0.25, -0.2) is 4.98 Å². The Morgan fingerprint density at radius 3 is 2.93 bits per heavy atom. The zero-order valence-corrected chi connectivity index (χ0v) is 8.69. The van der Waals surface area contributed by atoms with Crippen LogP contribution in [0.5, 0.6) is 0 Å². The van der Waals surface area contributed by atoms with Gasteiger partial charge in [-0.1, -0.05) is 11.6 Å². The lowest BCUT2D eigenvalue weighted by Crippen LogP contribution is -2.19. The first kappa shape index (κ1) is 9.27. The maximum absolute atomic E-state index is 5.89. The molecule has 0 saturated heterocycles. The number of fused-ring (bicyclic) bond motifs is 1. The van der Waals surface area contributed by atoms with E-state index in [-0.39, 0.29) is 6.10 Å². The highest BCUT2D eigenvalue weighted by atomic mass is 35.5. The Hall–Kier alpha value is -1.29. The minimum Gasteiger partial charge on any atom is -0.394 e. The van der Waals surface area contributed by atoms with Crippen LogP contribution >= 0.6 is 11.6 Å². The standard InChI is InChI=1S/C9H10ClN3O/c1-6(2)14-13-5-7-8(12-13)3-4-11-9(7)10/h3-6H,1-2H3. The number of hydrogen-bond donors (Lipinski definition) is 0. The topological polar surface area (TPSA) is 39.9 Å². The fraction of sp³-hybridized carbons (Fsp3) is 0.333. The maximum atomic E-state index is 5.89. The molecule has 0 aliphatic rings. The van der Waals surface area contributed by atoms with Crippen LogP contribution < -0.4 is 4.84 Å². The monoisotopic (exact) mass is 211 g/mol. The number of aromatic nitrogens is 3. The normalized spacial score (nSPS) is 11.1. The number of halogens is 1. The second kappa shape index (κ2) is 3.46. The van der Waals surface area contributed by atoms with Crippen LogP contribution in [-0.4, -0.2) is 21.0 Å².